The third-order valence-electron chi connectivity index (χ3n) is 3.54. The lowest BCUT2D eigenvalue weighted by Crippen LogP contribution is -2.13. The van der Waals surface area contributed by atoms with E-state index in [1.807, 2.05) is 12.1 Å². The quantitative estimate of drug-likeness (QED) is 0.828. The molecule has 3 nitrogen and oxygen atoms in total. The Balaban J connectivity index is 1.82. The molecule has 2 rings (SSSR count). The summed E-state index contributed by atoms with van der Waals surface area (Å²) in [7, 11) is 0. The molecule has 1 fully saturated rings. The van der Waals surface area contributed by atoms with Gasteiger partial charge in [-0.1, -0.05) is 41.6 Å². The van der Waals surface area contributed by atoms with E-state index in [1.54, 1.807) is 6.07 Å². The zero-order chi connectivity index (χ0) is 13.0. The molecule has 0 aliphatic heterocycles. The lowest BCUT2D eigenvalue weighted by Gasteiger charge is -2.10. The molecule has 0 heterocycles. The molecule has 3 N–H and O–H groups in total. The molecule has 98 valence electrons. The molecule has 1 aromatic rings. The fourth-order valence-corrected chi connectivity index (χ4v) is 2.87. The molecule has 0 unspecified atom stereocenters. The third-order valence-corrected chi connectivity index (χ3v) is 4.04. The van der Waals surface area contributed by atoms with Crippen LogP contribution < -0.4 is 11.1 Å². The summed E-state index contributed by atoms with van der Waals surface area (Å²) in [6.45, 7) is 0. The first kappa shape index (κ1) is 13.4. The summed E-state index contributed by atoms with van der Waals surface area (Å²) in [4.78, 5) is 11.8. The van der Waals surface area contributed by atoms with E-state index in [0.717, 1.165) is 16.8 Å². The van der Waals surface area contributed by atoms with Gasteiger partial charge in [0.25, 0.3) is 0 Å². The van der Waals surface area contributed by atoms with E-state index in [0.29, 0.717) is 17.8 Å². The van der Waals surface area contributed by atoms with Crippen LogP contribution in [0.4, 0.5) is 11.4 Å². The summed E-state index contributed by atoms with van der Waals surface area (Å²) in [6.07, 6.45) is 6.82. The average Bonchev–Trinajstić information content (AvgIpc) is 2.83. The zero-order valence-electron chi connectivity index (χ0n) is 10.4. The Morgan fingerprint density at radius 1 is 1.39 bits per heavy atom. The van der Waals surface area contributed by atoms with Gasteiger partial charge < -0.3 is 11.1 Å². The largest absolute Gasteiger partial charge is 0.397 e. The van der Waals surface area contributed by atoms with Crippen LogP contribution in [0.15, 0.2) is 22.7 Å². The number of amides is 1. The Morgan fingerprint density at radius 3 is 2.78 bits per heavy atom. The average molecular weight is 311 g/mol. The van der Waals surface area contributed by atoms with Crippen molar-refractivity contribution in [2.45, 2.75) is 38.5 Å². The minimum Gasteiger partial charge on any atom is -0.397 e. The Kier molecular flexibility index (Phi) is 4.64. The lowest BCUT2D eigenvalue weighted by molar-refractivity contribution is -0.116. The van der Waals surface area contributed by atoms with Crippen LogP contribution >= 0.6 is 15.9 Å². The number of hydrogen-bond donors (Lipinski definition) is 2. The van der Waals surface area contributed by atoms with Crippen LogP contribution in [-0.4, -0.2) is 5.91 Å². The van der Waals surface area contributed by atoms with Crippen molar-refractivity contribution in [2.24, 2.45) is 5.92 Å². The number of hydrogen-bond acceptors (Lipinski definition) is 2. The van der Waals surface area contributed by atoms with Gasteiger partial charge in [-0.15, -0.1) is 0 Å². The zero-order valence-corrected chi connectivity index (χ0v) is 12.0. The van der Waals surface area contributed by atoms with Crippen LogP contribution in [0.1, 0.15) is 38.5 Å². The molecule has 1 aliphatic carbocycles. The number of nitrogens with one attached hydrogen (secondary N) is 1. The number of halogens is 1. The van der Waals surface area contributed by atoms with Crippen molar-refractivity contribution < 1.29 is 4.79 Å². The topological polar surface area (TPSA) is 55.1 Å². The smallest absolute Gasteiger partial charge is 0.224 e. The normalized spacial score (nSPS) is 15.8. The molecule has 1 aliphatic rings. The van der Waals surface area contributed by atoms with E-state index in [2.05, 4.69) is 21.2 Å². The first-order valence-corrected chi connectivity index (χ1v) is 7.29. The van der Waals surface area contributed by atoms with Gasteiger partial charge in [0.15, 0.2) is 0 Å². The summed E-state index contributed by atoms with van der Waals surface area (Å²) in [5, 5.41) is 2.88. The predicted molar refractivity (Wildman–Crippen MR) is 78.4 cm³/mol. The molecule has 1 saturated carbocycles. The second-order valence-electron chi connectivity index (χ2n) is 4.97. The molecule has 0 radical (unpaired) electrons. The highest BCUT2D eigenvalue weighted by molar-refractivity contribution is 9.10. The highest BCUT2D eigenvalue weighted by atomic mass is 79.9. The fourth-order valence-electron chi connectivity index (χ4n) is 2.49. The van der Waals surface area contributed by atoms with Crippen LogP contribution in [0.2, 0.25) is 0 Å². The predicted octanol–water partition coefficient (Wildman–Crippen LogP) is 3.94. The van der Waals surface area contributed by atoms with Crippen LogP contribution in [0.25, 0.3) is 0 Å². The number of anilines is 2. The first-order chi connectivity index (χ1) is 8.65. The third kappa shape index (κ3) is 3.73. The number of benzene rings is 1. The minimum atomic E-state index is 0.0657. The minimum absolute atomic E-state index is 0.0657. The van der Waals surface area contributed by atoms with Crippen molar-refractivity contribution in [3.8, 4) is 0 Å². The van der Waals surface area contributed by atoms with Crippen LogP contribution in [0.3, 0.4) is 0 Å². The van der Waals surface area contributed by atoms with Crippen LogP contribution in [0, 0.1) is 5.92 Å². The maximum Gasteiger partial charge on any atom is 0.224 e. The fraction of sp³-hybridized carbons (Fsp3) is 0.500. The van der Waals surface area contributed by atoms with Crippen molar-refractivity contribution in [1.29, 1.82) is 0 Å². The number of carbonyl (C=O) groups is 1. The van der Waals surface area contributed by atoms with E-state index in [-0.39, 0.29) is 5.91 Å². The first-order valence-electron chi connectivity index (χ1n) is 6.50. The molecule has 1 aromatic carbocycles. The molecule has 18 heavy (non-hydrogen) atoms. The van der Waals surface area contributed by atoms with E-state index in [9.17, 15) is 4.79 Å². The molecule has 0 bridgehead atoms. The van der Waals surface area contributed by atoms with Gasteiger partial charge in [0, 0.05) is 10.9 Å². The van der Waals surface area contributed by atoms with Crippen LogP contribution in [0.5, 0.6) is 0 Å². The number of nitrogens with two attached hydrogens (primary N) is 1. The Morgan fingerprint density at radius 2 is 2.11 bits per heavy atom. The summed E-state index contributed by atoms with van der Waals surface area (Å²) in [5.74, 6) is 0.814. The van der Waals surface area contributed by atoms with Gasteiger partial charge in [-0.2, -0.15) is 0 Å². The van der Waals surface area contributed by atoms with E-state index in [1.165, 1.54) is 25.7 Å². The number of carbonyl (C=O) groups excluding carboxylic acids is 1. The second kappa shape index (κ2) is 6.23. The maximum absolute atomic E-state index is 11.8. The number of rotatable bonds is 4. The molecule has 0 aromatic heterocycles. The van der Waals surface area contributed by atoms with Crippen molar-refractivity contribution in [3.63, 3.8) is 0 Å². The van der Waals surface area contributed by atoms with E-state index in [4.69, 9.17) is 5.73 Å². The van der Waals surface area contributed by atoms with Gasteiger partial charge >= 0.3 is 0 Å². The van der Waals surface area contributed by atoms with Gasteiger partial charge in [-0.25, -0.2) is 0 Å². The van der Waals surface area contributed by atoms with Crippen molar-refractivity contribution in [3.05, 3.63) is 22.7 Å². The molecular weight excluding hydrogens is 292 g/mol. The summed E-state index contributed by atoms with van der Waals surface area (Å²) < 4.78 is 0.920. The number of nitrogen functional groups attached to an aromatic ring is 1. The molecule has 0 atom stereocenters. The van der Waals surface area contributed by atoms with Gasteiger partial charge in [0.05, 0.1) is 11.4 Å². The summed E-state index contributed by atoms with van der Waals surface area (Å²) >= 11 is 3.35. The lowest BCUT2D eigenvalue weighted by atomic mass is 10.0. The maximum atomic E-state index is 11.8. The van der Waals surface area contributed by atoms with E-state index < -0.39 is 0 Å². The van der Waals surface area contributed by atoms with Crippen molar-refractivity contribution in [1.82, 2.24) is 0 Å². The highest BCUT2D eigenvalue weighted by Crippen LogP contribution is 2.29. The van der Waals surface area contributed by atoms with Gasteiger partial charge in [-0.3, -0.25) is 4.79 Å². The molecule has 0 saturated heterocycles. The molecular formula is C14H19BrN2O. The molecule has 1 amide bonds. The van der Waals surface area contributed by atoms with E-state index >= 15 is 0 Å². The highest BCUT2D eigenvalue weighted by Gasteiger charge is 2.16. The SMILES string of the molecule is Nc1cc(Br)ccc1NC(=O)CCC1CCCC1. The van der Waals surface area contributed by atoms with Crippen molar-refractivity contribution in [2.75, 3.05) is 11.1 Å². The Bertz CT molecular complexity index is 428. The summed E-state index contributed by atoms with van der Waals surface area (Å²) in [6, 6.07) is 5.50. The van der Waals surface area contributed by atoms with Crippen LogP contribution in [-0.2, 0) is 4.79 Å². The summed E-state index contributed by atoms with van der Waals surface area (Å²) in [5.41, 5.74) is 7.14. The van der Waals surface area contributed by atoms with Gasteiger partial charge in [-0.05, 0) is 30.5 Å². The van der Waals surface area contributed by atoms with Gasteiger partial charge in [0.2, 0.25) is 5.91 Å². The van der Waals surface area contributed by atoms with Gasteiger partial charge in [0.1, 0.15) is 0 Å². The standard InChI is InChI=1S/C14H19BrN2O/c15-11-6-7-13(12(16)9-11)17-14(18)8-5-10-3-1-2-4-10/h6-7,9-10H,1-5,8,16H2,(H,17,18). The van der Waals surface area contributed by atoms with Crippen molar-refractivity contribution >= 4 is 33.2 Å². The molecule has 4 heteroatoms. The Hall–Kier alpha value is -1.03. The Labute approximate surface area is 116 Å². The second-order valence-corrected chi connectivity index (χ2v) is 5.88. The monoisotopic (exact) mass is 310 g/mol. The molecule has 0 spiro atoms.